The molecule has 0 radical (unpaired) electrons. The second kappa shape index (κ2) is 5.74. The van der Waals surface area contributed by atoms with Crippen LogP contribution in [-0.2, 0) is 0 Å². The number of hydrogen-bond donors (Lipinski definition) is 3. The lowest BCUT2D eigenvalue weighted by atomic mass is 9.74. The number of ether oxygens (including phenoxy) is 1. The molecule has 0 amide bonds. The molecule has 18 heavy (non-hydrogen) atoms. The highest BCUT2D eigenvalue weighted by atomic mass is 16.5. The first-order valence-corrected chi connectivity index (χ1v) is 6.03. The fraction of sp³-hybridized carbons (Fsp3) is 0.538. The Labute approximate surface area is 108 Å². The molecule has 1 rings (SSSR count). The van der Waals surface area contributed by atoms with Crippen LogP contribution in [0.5, 0.6) is 5.75 Å². The molecule has 0 unspecified atom stereocenters. The second-order valence-corrected chi connectivity index (χ2v) is 5.26. The van der Waals surface area contributed by atoms with Gasteiger partial charge >= 0.3 is 7.12 Å². The van der Waals surface area contributed by atoms with Gasteiger partial charge in [0.25, 0.3) is 0 Å². The molecular weight excluding hydrogens is 231 g/mol. The maximum Gasteiger partial charge on any atom is 0.488 e. The summed E-state index contributed by atoms with van der Waals surface area (Å²) in [5, 5.41) is 28.1. The Bertz CT molecular complexity index is 387. The van der Waals surface area contributed by atoms with E-state index in [2.05, 4.69) is 0 Å². The molecule has 0 saturated carbocycles. The Hall–Kier alpha value is -1.04. The summed E-state index contributed by atoms with van der Waals surface area (Å²) < 4.78 is 5.56. The minimum Gasteiger partial charge on any atom is -0.493 e. The SMILES string of the molecule is Cc1cc(OCCC(C)(C)O)cc(C)c1B(O)O. The summed E-state index contributed by atoms with van der Waals surface area (Å²) in [6, 6.07) is 3.54. The molecule has 4 nitrogen and oxygen atoms in total. The van der Waals surface area contributed by atoms with Crippen molar-refractivity contribution < 1.29 is 19.9 Å². The summed E-state index contributed by atoms with van der Waals surface area (Å²) in [6.07, 6.45) is 0.537. The average molecular weight is 252 g/mol. The van der Waals surface area contributed by atoms with Crippen molar-refractivity contribution in [3.63, 3.8) is 0 Å². The number of rotatable bonds is 5. The zero-order valence-corrected chi connectivity index (χ0v) is 11.4. The summed E-state index contributed by atoms with van der Waals surface area (Å²) in [7, 11) is -1.46. The van der Waals surface area contributed by atoms with Gasteiger partial charge in [0.1, 0.15) is 5.75 Å². The van der Waals surface area contributed by atoms with Gasteiger partial charge < -0.3 is 19.9 Å². The van der Waals surface area contributed by atoms with E-state index in [0.29, 0.717) is 24.2 Å². The smallest absolute Gasteiger partial charge is 0.488 e. The van der Waals surface area contributed by atoms with Crippen LogP contribution in [0.3, 0.4) is 0 Å². The van der Waals surface area contributed by atoms with Gasteiger partial charge in [-0.2, -0.15) is 0 Å². The van der Waals surface area contributed by atoms with Crippen LogP contribution < -0.4 is 10.2 Å². The predicted molar refractivity (Wildman–Crippen MR) is 72.2 cm³/mol. The number of hydrogen-bond acceptors (Lipinski definition) is 4. The molecule has 0 aliphatic carbocycles. The molecule has 0 bridgehead atoms. The van der Waals surface area contributed by atoms with E-state index < -0.39 is 12.7 Å². The highest BCUT2D eigenvalue weighted by Crippen LogP contribution is 2.16. The molecule has 0 aromatic heterocycles. The van der Waals surface area contributed by atoms with Gasteiger partial charge in [-0.15, -0.1) is 0 Å². The van der Waals surface area contributed by atoms with Crippen LogP contribution in [0.15, 0.2) is 12.1 Å². The minimum absolute atomic E-state index is 0.420. The lowest BCUT2D eigenvalue weighted by molar-refractivity contribution is 0.0553. The van der Waals surface area contributed by atoms with E-state index in [1.54, 1.807) is 26.0 Å². The van der Waals surface area contributed by atoms with Crippen LogP contribution in [-0.4, -0.2) is 34.5 Å². The maximum absolute atomic E-state index is 9.58. The Kier molecular flexibility index (Phi) is 4.79. The van der Waals surface area contributed by atoms with Crippen molar-refractivity contribution in [3.8, 4) is 5.75 Å². The molecule has 1 aromatic rings. The first kappa shape index (κ1) is 15.0. The van der Waals surface area contributed by atoms with Crippen LogP contribution in [0.2, 0.25) is 0 Å². The third-order valence-corrected chi connectivity index (χ3v) is 2.81. The fourth-order valence-corrected chi connectivity index (χ4v) is 1.84. The van der Waals surface area contributed by atoms with Gasteiger partial charge in [0.2, 0.25) is 0 Å². The molecule has 0 heterocycles. The van der Waals surface area contributed by atoms with Gasteiger partial charge in [0, 0.05) is 6.42 Å². The zero-order valence-electron chi connectivity index (χ0n) is 11.4. The molecule has 0 aliphatic heterocycles. The molecule has 0 saturated heterocycles. The van der Waals surface area contributed by atoms with Gasteiger partial charge in [-0.05, 0) is 56.4 Å². The van der Waals surface area contributed by atoms with E-state index in [1.165, 1.54) is 0 Å². The summed E-state index contributed by atoms with van der Waals surface area (Å²) in [4.78, 5) is 0. The summed E-state index contributed by atoms with van der Waals surface area (Å²) in [5.74, 6) is 0.679. The number of benzene rings is 1. The number of aryl methyl sites for hydroxylation is 2. The molecule has 5 heteroatoms. The normalized spacial score (nSPS) is 11.5. The van der Waals surface area contributed by atoms with Crippen molar-refractivity contribution in [2.24, 2.45) is 0 Å². The van der Waals surface area contributed by atoms with Crippen LogP contribution in [0.4, 0.5) is 0 Å². The van der Waals surface area contributed by atoms with Crippen molar-refractivity contribution in [2.75, 3.05) is 6.61 Å². The van der Waals surface area contributed by atoms with Crippen LogP contribution in [0.25, 0.3) is 0 Å². The van der Waals surface area contributed by atoms with Gasteiger partial charge in [0.05, 0.1) is 12.2 Å². The first-order valence-electron chi connectivity index (χ1n) is 6.03. The van der Waals surface area contributed by atoms with Crippen molar-refractivity contribution in [2.45, 2.75) is 39.7 Å². The molecule has 1 aromatic carbocycles. The maximum atomic E-state index is 9.58. The lowest BCUT2D eigenvalue weighted by Crippen LogP contribution is -2.34. The Morgan fingerprint density at radius 1 is 1.17 bits per heavy atom. The molecular formula is C13H21BO4. The molecule has 0 aliphatic rings. The fourth-order valence-electron chi connectivity index (χ4n) is 1.84. The van der Waals surface area contributed by atoms with Crippen molar-refractivity contribution in [1.82, 2.24) is 0 Å². The van der Waals surface area contributed by atoms with Crippen LogP contribution >= 0.6 is 0 Å². The van der Waals surface area contributed by atoms with Crippen LogP contribution in [0, 0.1) is 13.8 Å². The van der Waals surface area contributed by atoms with Crippen LogP contribution in [0.1, 0.15) is 31.4 Å². The number of aliphatic hydroxyl groups is 1. The molecule has 0 spiro atoms. The molecule has 100 valence electrons. The second-order valence-electron chi connectivity index (χ2n) is 5.26. The highest BCUT2D eigenvalue weighted by molar-refractivity contribution is 6.59. The molecule has 3 N–H and O–H groups in total. The van der Waals surface area contributed by atoms with E-state index in [1.807, 2.05) is 13.8 Å². The summed E-state index contributed by atoms with van der Waals surface area (Å²) in [5.41, 5.74) is 1.34. The zero-order chi connectivity index (χ0) is 13.9. The Morgan fingerprint density at radius 3 is 2.06 bits per heavy atom. The lowest BCUT2D eigenvalue weighted by Gasteiger charge is -2.18. The largest absolute Gasteiger partial charge is 0.493 e. The van der Waals surface area contributed by atoms with Gasteiger partial charge in [0.15, 0.2) is 0 Å². The third kappa shape index (κ3) is 4.33. The highest BCUT2D eigenvalue weighted by Gasteiger charge is 2.18. The summed E-state index contributed by atoms with van der Waals surface area (Å²) >= 11 is 0. The van der Waals surface area contributed by atoms with Crippen molar-refractivity contribution in [1.29, 1.82) is 0 Å². The Morgan fingerprint density at radius 2 is 1.67 bits per heavy atom. The average Bonchev–Trinajstić information content (AvgIpc) is 2.13. The topological polar surface area (TPSA) is 69.9 Å². The van der Waals surface area contributed by atoms with Crippen molar-refractivity contribution >= 4 is 12.6 Å². The van der Waals surface area contributed by atoms with E-state index in [0.717, 1.165) is 11.1 Å². The van der Waals surface area contributed by atoms with E-state index in [-0.39, 0.29) is 0 Å². The minimum atomic E-state index is -1.46. The van der Waals surface area contributed by atoms with E-state index in [4.69, 9.17) is 4.74 Å². The molecule has 0 fully saturated rings. The van der Waals surface area contributed by atoms with E-state index in [9.17, 15) is 15.2 Å². The Balaban J connectivity index is 2.75. The van der Waals surface area contributed by atoms with E-state index >= 15 is 0 Å². The quantitative estimate of drug-likeness (QED) is 0.668. The summed E-state index contributed by atoms with van der Waals surface area (Å²) in [6.45, 7) is 7.51. The van der Waals surface area contributed by atoms with Crippen molar-refractivity contribution in [3.05, 3.63) is 23.3 Å². The predicted octanol–water partition coefficient (Wildman–Crippen LogP) is 0.523. The third-order valence-electron chi connectivity index (χ3n) is 2.81. The first-order chi connectivity index (χ1) is 8.20. The standard InChI is InChI=1S/C13H21BO4/c1-9-7-11(18-6-5-13(3,4)15)8-10(2)12(9)14(16)17/h7-8,15-17H,5-6H2,1-4H3. The van der Waals surface area contributed by atoms with Gasteiger partial charge in [-0.25, -0.2) is 0 Å². The molecule has 0 atom stereocenters. The van der Waals surface area contributed by atoms with Gasteiger partial charge in [-0.1, -0.05) is 0 Å². The van der Waals surface area contributed by atoms with Gasteiger partial charge in [-0.3, -0.25) is 0 Å². The monoisotopic (exact) mass is 252 g/mol.